The molecule has 0 spiro atoms. The number of rotatable bonds is 2. The van der Waals surface area contributed by atoms with Gasteiger partial charge in [-0.2, -0.15) is 0 Å². The molecule has 0 saturated heterocycles. The molecule has 0 aliphatic heterocycles. The Morgan fingerprint density at radius 3 is 2.40 bits per heavy atom. The van der Waals surface area contributed by atoms with Crippen molar-refractivity contribution in [1.29, 1.82) is 0 Å². The molecule has 0 bridgehead atoms. The van der Waals surface area contributed by atoms with E-state index in [4.69, 9.17) is 10.8 Å². The van der Waals surface area contributed by atoms with E-state index < -0.39 is 0 Å². The van der Waals surface area contributed by atoms with Gasteiger partial charge in [0.05, 0.1) is 20.1 Å². The second kappa shape index (κ2) is 4.11. The Hall–Kier alpha value is -1.22. The topological polar surface area (TPSA) is 18.5 Å². The van der Waals surface area contributed by atoms with E-state index in [1.165, 1.54) is 0 Å². The first-order valence-corrected chi connectivity index (χ1v) is 5.28. The lowest BCUT2D eigenvalue weighted by atomic mass is 10.1. The molecule has 0 atom stereocenters. The Morgan fingerprint density at radius 2 is 1.80 bits per heavy atom. The predicted molar refractivity (Wildman–Crippen MR) is 64.8 cm³/mol. The first kappa shape index (κ1) is 9.04. The van der Waals surface area contributed by atoms with Crippen LogP contribution in [-0.4, -0.2) is 14.2 Å². The fourth-order valence-electron chi connectivity index (χ4n) is 1.58. The molecule has 78 valence electrons. The fraction of sp³-hybridized carbons (Fsp3) is 0.167. The summed E-state index contributed by atoms with van der Waals surface area (Å²) in [4.78, 5) is 0. The lowest BCUT2D eigenvalue weighted by Crippen LogP contribution is -1.90. The number of halogens is 1. The van der Waals surface area contributed by atoms with Crippen molar-refractivity contribution < 1.29 is 10.8 Å². The summed E-state index contributed by atoms with van der Waals surface area (Å²) in [5.74, 6) is 1.23. The highest BCUT2D eigenvalue weighted by Crippen LogP contribution is 2.39. The summed E-state index contributed by atoms with van der Waals surface area (Å²) in [6, 6.07) is 8.01. The summed E-state index contributed by atoms with van der Waals surface area (Å²) in [6.45, 7) is 0. The molecule has 0 heterocycles. The van der Waals surface area contributed by atoms with E-state index in [0.29, 0.717) is 22.0 Å². The predicted octanol–water partition coefficient (Wildman–Crippen LogP) is 3.62. The van der Waals surface area contributed by atoms with Gasteiger partial charge >= 0.3 is 0 Å². The fourth-order valence-corrected chi connectivity index (χ4v) is 2.14. The molecule has 0 unspecified atom stereocenters. The molecular weight excluding hydrogens is 256 g/mol. The quantitative estimate of drug-likeness (QED) is 0.828. The second-order valence-corrected chi connectivity index (χ2v) is 3.84. The maximum absolute atomic E-state index is 7.97. The molecule has 0 radical (unpaired) electrons. The van der Waals surface area contributed by atoms with E-state index in [0.717, 1.165) is 10.8 Å². The van der Waals surface area contributed by atoms with Gasteiger partial charge in [-0.3, -0.25) is 0 Å². The van der Waals surface area contributed by atoms with Crippen LogP contribution in [0.4, 0.5) is 0 Å². The van der Waals surface area contributed by atoms with Crippen LogP contribution in [0.3, 0.4) is 0 Å². The van der Waals surface area contributed by atoms with Crippen LogP contribution in [0, 0.1) is 0 Å². The van der Waals surface area contributed by atoms with Gasteiger partial charge in [-0.1, -0.05) is 24.3 Å². The highest BCUT2D eigenvalue weighted by molar-refractivity contribution is 9.10. The van der Waals surface area contributed by atoms with Gasteiger partial charge in [0.2, 0.25) is 0 Å². The molecule has 3 heteroatoms. The average Bonchev–Trinajstić information content (AvgIpc) is 2.31. The SMILES string of the molecule is [2H]c1c(Br)c(OC)c2ccccc2c1OC. The smallest absolute Gasteiger partial charge is 0.141 e. The van der Waals surface area contributed by atoms with Crippen LogP contribution >= 0.6 is 15.9 Å². The third-order valence-electron chi connectivity index (χ3n) is 2.25. The number of benzene rings is 2. The van der Waals surface area contributed by atoms with Crippen LogP contribution in [0.1, 0.15) is 1.37 Å². The summed E-state index contributed by atoms with van der Waals surface area (Å²) < 4.78 is 19.2. The minimum absolute atomic E-state index is 0.304. The maximum Gasteiger partial charge on any atom is 0.141 e. The molecule has 0 N–H and O–H groups in total. The van der Waals surface area contributed by atoms with Gasteiger partial charge in [-0.25, -0.2) is 0 Å². The van der Waals surface area contributed by atoms with Gasteiger partial charge in [-0.05, 0) is 22.0 Å². The third-order valence-corrected chi connectivity index (χ3v) is 2.81. The second-order valence-electron chi connectivity index (χ2n) is 3.05. The zero-order chi connectivity index (χ0) is 11.7. The van der Waals surface area contributed by atoms with Crippen molar-refractivity contribution in [1.82, 2.24) is 0 Å². The van der Waals surface area contributed by atoms with E-state index in [-0.39, 0.29) is 0 Å². The molecular formula is C12H11BrO2. The maximum atomic E-state index is 7.97. The lowest BCUT2D eigenvalue weighted by Gasteiger charge is -2.11. The van der Waals surface area contributed by atoms with E-state index in [1.54, 1.807) is 14.2 Å². The van der Waals surface area contributed by atoms with Crippen LogP contribution in [0.2, 0.25) is 0 Å². The summed E-state index contributed by atoms with van der Waals surface area (Å²) in [7, 11) is 3.16. The Balaban J connectivity index is 2.95. The van der Waals surface area contributed by atoms with Gasteiger partial charge < -0.3 is 9.47 Å². The largest absolute Gasteiger partial charge is 0.496 e. The normalized spacial score (nSPS) is 11.3. The zero-order valence-electron chi connectivity index (χ0n) is 9.50. The molecule has 0 aliphatic carbocycles. The van der Waals surface area contributed by atoms with Crippen molar-refractivity contribution in [3.8, 4) is 11.5 Å². The van der Waals surface area contributed by atoms with Crippen LogP contribution < -0.4 is 9.47 Å². The molecule has 2 aromatic rings. The average molecular weight is 268 g/mol. The molecule has 2 nitrogen and oxygen atoms in total. The van der Waals surface area contributed by atoms with E-state index in [2.05, 4.69) is 15.9 Å². The third kappa shape index (κ3) is 1.67. The summed E-state index contributed by atoms with van der Waals surface area (Å²) >= 11 is 3.36. The molecule has 0 saturated carbocycles. The number of hydrogen-bond acceptors (Lipinski definition) is 2. The van der Waals surface area contributed by atoms with Crippen molar-refractivity contribution >= 4 is 26.7 Å². The van der Waals surface area contributed by atoms with Crippen molar-refractivity contribution in [3.05, 3.63) is 34.8 Å². The molecule has 2 rings (SSSR count). The minimum Gasteiger partial charge on any atom is -0.496 e. The number of ether oxygens (including phenoxy) is 2. The van der Waals surface area contributed by atoms with E-state index in [1.807, 2.05) is 24.3 Å². The van der Waals surface area contributed by atoms with Crippen LogP contribution in [0.25, 0.3) is 10.8 Å². The summed E-state index contributed by atoms with van der Waals surface area (Å²) in [5, 5.41) is 1.82. The summed E-state index contributed by atoms with van der Waals surface area (Å²) in [6.07, 6.45) is 0. The lowest BCUT2D eigenvalue weighted by molar-refractivity contribution is 0.408. The van der Waals surface area contributed by atoms with Gasteiger partial charge in [0.15, 0.2) is 0 Å². The highest BCUT2D eigenvalue weighted by Gasteiger charge is 2.10. The first-order chi connectivity index (χ1) is 7.70. The van der Waals surface area contributed by atoms with Crippen molar-refractivity contribution in [2.75, 3.05) is 14.2 Å². The molecule has 0 fully saturated rings. The number of fused-ring (bicyclic) bond motifs is 1. The van der Waals surface area contributed by atoms with Gasteiger partial charge in [-0.15, -0.1) is 0 Å². The molecule has 15 heavy (non-hydrogen) atoms. The molecule has 0 aromatic heterocycles. The first-order valence-electron chi connectivity index (χ1n) is 4.99. The van der Waals surface area contributed by atoms with Crippen LogP contribution in [-0.2, 0) is 0 Å². The van der Waals surface area contributed by atoms with Gasteiger partial charge in [0, 0.05) is 10.8 Å². The zero-order valence-corrected chi connectivity index (χ0v) is 10.1. The highest BCUT2D eigenvalue weighted by atomic mass is 79.9. The summed E-state index contributed by atoms with van der Waals surface area (Å²) in [5.41, 5.74) is 0. The number of hydrogen-bond donors (Lipinski definition) is 0. The minimum atomic E-state index is 0.304. The Bertz CT molecular complexity index is 492. The van der Waals surface area contributed by atoms with E-state index >= 15 is 0 Å². The van der Waals surface area contributed by atoms with Gasteiger partial charge in [0.1, 0.15) is 11.5 Å². The van der Waals surface area contributed by atoms with Crippen molar-refractivity contribution in [2.24, 2.45) is 0 Å². The molecule has 0 amide bonds. The van der Waals surface area contributed by atoms with Gasteiger partial charge in [0.25, 0.3) is 0 Å². The van der Waals surface area contributed by atoms with Crippen LogP contribution in [0.15, 0.2) is 34.8 Å². The molecule has 0 aliphatic rings. The Kier molecular flexibility index (Phi) is 2.47. The van der Waals surface area contributed by atoms with Crippen molar-refractivity contribution in [3.63, 3.8) is 0 Å². The standard InChI is InChI=1S/C12H11BrO2/c1-14-11-7-10(13)12(15-2)9-6-4-3-5-8(9)11/h3-7H,1-2H3/i7D. The Labute approximate surface area is 98.3 Å². The Morgan fingerprint density at radius 1 is 1.13 bits per heavy atom. The van der Waals surface area contributed by atoms with Crippen molar-refractivity contribution in [2.45, 2.75) is 0 Å². The number of methoxy groups -OCH3 is 2. The monoisotopic (exact) mass is 267 g/mol. The van der Waals surface area contributed by atoms with E-state index in [9.17, 15) is 0 Å². The molecule has 2 aromatic carbocycles. The van der Waals surface area contributed by atoms with Crippen LogP contribution in [0.5, 0.6) is 11.5 Å².